The average Bonchev–Trinajstić information content (AvgIpc) is 3.35. The van der Waals surface area contributed by atoms with Crippen molar-refractivity contribution < 1.29 is 23.1 Å². The summed E-state index contributed by atoms with van der Waals surface area (Å²) in [5.41, 5.74) is 5.73. The van der Waals surface area contributed by atoms with Crippen LogP contribution in [0.3, 0.4) is 0 Å². The van der Waals surface area contributed by atoms with Gasteiger partial charge in [0.2, 0.25) is 0 Å². The monoisotopic (exact) mass is 411 g/mol. The number of nitrogens with one attached hydrogen (secondary N) is 2. The number of aliphatic hydroxyl groups is 1. The molecule has 0 unspecified atom stereocenters. The first-order valence-corrected chi connectivity index (χ1v) is 8.92. The summed E-state index contributed by atoms with van der Waals surface area (Å²) in [7, 11) is 0. The van der Waals surface area contributed by atoms with E-state index >= 15 is 0 Å². The maximum Gasteiger partial charge on any atom is 0.417 e. The van der Waals surface area contributed by atoms with E-state index in [1.165, 1.54) is 29.7 Å². The molecule has 11 heteroatoms. The van der Waals surface area contributed by atoms with Gasteiger partial charge in [0.15, 0.2) is 0 Å². The Morgan fingerprint density at radius 3 is 2.61 bits per heavy atom. The Bertz CT molecular complexity index is 952. The number of hydrogen-bond acceptors (Lipinski definition) is 6. The van der Waals surface area contributed by atoms with E-state index in [2.05, 4.69) is 20.3 Å². The number of aliphatic hydroxyl groups excluding tert-OH is 1. The first-order valence-electron chi connectivity index (χ1n) is 8.11. The first-order chi connectivity index (χ1) is 13.3. The molecule has 148 valence electrons. The zero-order valence-corrected chi connectivity index (χ0v) is 15.1. The van der Waals surface area contributed by atoms with Crippen LogP contribution in [0.1, 0.15) is 32.0 Å². The number of amides is 1. The van der Waals surface area contributed by atoms with Crippen molar-refractivity contribution in [3.05, 3.63) is 57.8 Å². The number of nitrogens with zero attached hydrogens (tertiary/aromatic N) is 2. The molecule has 0 saturated heterocycles. The van der Waals surface area contributed by atoms with Crippen LogP contribution in [0.2, 0.25) is 0 Å². The third-order valence-corrected chi connectivity index (χ3v) is 4.96. The molecule has 0 spiro atoms. The van der Waals surface area contributed by atoms with Crippen molar-refractivity contribution in [2.24, 2.45) is 5.73 Å². The minimum Gasteiger partial charge on any atom is -0.391 e. The largest absolute Gasteiger partial charge is 0.417 e. The number of carbonyl (C=O) groups is 1. The Morgan fingerprint density at radius 2 is 2.04 bits per heavy atom. The van der Waals surface area contributed by atoms with Crippen molar-refractivity contribution in [3.63, 3.8) is 0 Å². The molecule has 3 aromatic rings. The number of thiazole rings is 1. The van der Waals surface area contributed by atoms with Crippen molar-refractivity contribution >= 4 is 17.2 Å². The number of carbonyl (C=O) groups excluding carboxylic acids is 1. The van der Waals surface area contributed by atoms with Gasteiger partial charge in [0.25, 0.3) is 5.91 Å². The lowest BCUT2D eigenvalue weighted by molar-refractivity contribution is -0.137. The van der Waals surface area contributed by atoms with Crippen LogP contribution in [0.25, 0.3) is 11.4 Å². The third kappa shape index (κ3) is 4.38. The standard InChI is InChI=1S/C17H16F3N5O2S/c18-17(19,20)9-1-2-11(22-6-9)12-3-4-13(24-12)15(27)25-14(5-21)16-23-7-10(8-26)28-16/h1-4,6-7,14,24,26H,5,8,21H2,(H,25,27)/t14-/m0/s1. The average molecular weight is 411 g/mol. The lowest BCUT2D eigenvalue weighted by Gasteiger charge is -2.13. The summed E-state index contributed by atoms with van der Waals surface area (Å²) in [6.07, 6.45) is -2.21. The summed E-state index contributed by atoms with van der Waals surface area (Å²) >= 11 is 1.24. The Kier molecular flexibility index (Phi) is 5.77. The third-order valence-electron chi connectivity index (χ3n) is 3.86. The van der Waals surface area contributed by atoms with Gasteiger partial charge in [-0.05, 0) is 24.3 Å². The van der Waals surface area contributed by atoms with E-state index in [-0.39, 0.29) is 24.5 Å². The van der Waals surface area contributed by atoms with Gasteiger partial charge < -0.3 is 21.1 Å². The molecule has 0 radical (unpaired) electrons. The second-order valence-corrected chi connectivity index (χ2v) is 6.95. The summed E-state index contributed by atoms with van der Waals surface area (Å²) in [5, 5.41) is 12.4. The number of hydrogen-bond donors (Lipinski definition) is 4. The van der Waals surface area contributed by atoms with Gasteiger partial charge in [-0.3, -0.25) is 9.78 Å². The SMILES string of the molecule is NC[C@H](NC(=O)c1ccc(-c2ccc(C(F)(F)F)cn2)[nH]1)c1ncc(CO)s1. The molecule has 0 aliphatic carbocycles. The van der Waals surface area contributed by atoms with Crippen molar-refractivity contribution in [1.82, 2.24) is 20.3 Å². The highest BCUT2D eigenvalue weighted by Gasteiger charge is 2.30. The summed E-state index contributed by atoms with van der Waals surface area (Å²) < 4.78 is 37.9. The van der Waals surface area contributed by atoms with Crippen LogP contribution in [0.4, 0.5) is 13.2 Å². The number of H-pyrrole nitrogens is 1. The molecule has 3 heterocycles. The van der Waals surface area contributed by atoms with E-state index in [1.54, 1.807) is 6.07 Å². The molecular formula is C17H16F3N5O2S. The van der Waals surface area contributed by atoms with Crippen LogP contribution in [0.15, 0.2) is 36.7 Å². The van der Waals surface area contributed by atoms with Gasteiger partial charge >= 0.3 is 6.18 Å². The van der Waals surface area contributed by atoms with Crippen molar-refractivity contribution in [2.45, 2.75) is 18.8 Å². The Hall–Kier alpha value is -2.76. The quantitative estimate of drug-likeness (QED) is 0.497. The fourth-order valence-corrected chi connectivity index (χ4v) is 3.25. The Morgan fingerprint density at radius 1 is 1.25 bits per heavy atom. The fraction of sp³-hybridized carbons (Fsp3) is 0.235. The van der Waals surface area contributed by atoms with E-state index < -0.39 is 23.7 Å². The van der Waals surface area contributed by atoms with Crippen LogP contribution < -0.4 is 11.1 Å². The van der Waals surface area contributed by atoms with Gasteiger partial charge in [-0.2, -0.15) is 13.2 Å². The van der Waals surface area contributed by atoms with Gasteiger partial charge in [0, 0.05) is 18.9 Å². The van der Waals surface area contributed by atoms with Crippen molar-refractivity contribution in [2.75, 3.05) is 6.54 Å². The minimum absolute atomic E-state index is 0.109. The van der Waals surface area contributed by atoms with E-state index in [9.17, 15) is 18.0 Å². The predicted molar refractivity (Wildman–Crippen MR) is 96.3 cm³/mol. The molecule has 3 rings (SSSR count). The zero-order valence-electron chi connectivity index (χ0n) is 14.3. The molecule has 28 heavy (non-hydrogen) atoms. The van der Waals surface area contributed by atoms with E-state index in [4.69, 9.17) is 10.8 Å². The molecule has 0 aliphatic heterocycles. The second-order valence-electron chi connectivity index (χ2n) is 5.80. The molecule has 0 bridgehead atoms. The molecule has 7 nitrogen and oxygen atoms in total. The molecule has 3 aromatic heterocycles. The van der Waals surface area contributed by atoms with Gasteiger partial charge in [-0.1, -0.05) is 0 Å². The highest BCUT2D eigenvalue weighted by atomic mass is 32.1. The van der Waals surface area contributed by atoms with Crippen molar-refractivity contribution in [3.8, 4) is 11.4 Å². The highest BCUT2D eigenvalue weighted by molar-refractivity contribution is 7.11. The summed E-state index contributed by atoms with van der Waals surface area (Å²) in [6.45, 7) is -0.0405. The van der Waals surface area contributed by atoms with Gasteiger partial charge in [0.05, 0.1) is 34.5 Å². The van der Waals surface area contributed by atoms with Gasteiger partial charge in [-0.25, -0.2) is 4.98 Å². The Balaban J connectivity index is 1.72. The molecule has 0 saturated carbocycles. The zero-order chi connectivity index (χ0) is 20.3. The molecule has 0 aliphatic rings. The van der Waals surface area contributed by atoms with Crippen molar-refractivity contribution in [1.29, 1.82) is 0 Å². The highest BCUT2D eigenvalue weighted by Crippen LogP contribution is 2.29. The van der Waals surface area contributed by atoms with E-state index in [0.717, 1.165) is 12.3 Å². The summed E-state index contributed by atoms with van der Waals surface area (Å²) in [5.74, 6) is -0.450. The van der Waals surface area contributed by atoms with Gasteiger partial charge in [-0.15, -0.1) is 11.3 Å². The molecule has 0 fully saturated rings. The number of alkyl halides is 3. The fourth-order valence-electron chi connectivity index (χ4n) is 2.41. The normalized spacial score (nSPS) is 12.8. The molecule has 1 atom stereocenters. The molecular weight excluding hydrogens is 395 g/mol. The van der Waals surface area contributed by atoms with Gasteiger partial charge in [0.1, 0.15) is 10.7 Å². The van der Waals surface area contributed by atoms with Crippen LogP contribution in [-0.2, 0) is 12.8 Å². The van der Waals surface area contributed by atoms with Crippen LogP contribution in [-0.4, -0.2) is 32.5 Å². The topological polar surface area (TPSA) is 117 Å². The number of aromatic nitrogens is 3. The maximum absolute atomic E-state index is 12.6. The summed E-state index contributed by atoms with van der Waals surface area (Å²) in [6, 6.07) is 4.67. The molecule has 0 aromatic carbocycles. The van der Waals surface area contributed by atoms with E-state index in [1.807, 2.05) is 0 Å². The van der Waals surface area contributed by atoms with Crippen LogP contribution in [0.5, 0.6) is 0 Å². The molecule has 5 N–H and O–H groups in total. The lowest BCUT2D eigenvalue weighted by Crippen LogP contribution is -2.33. The smallest absolute Gasteiger partial charge is 0.391 e. The number of pyridine rings is 1. The number of aromatic amines is 1. The second kappa shape index (κ2) is 8.09. The minimum atomic E-state index is -4.46. The summed E-state index contributed by atoms with van der Waals surface area (Å²) in [4.78, 5) is 23.9. The maximum atomic E-state index is 12.6. The Labute approximate surface area is 161 Å². The lowest BCUT2D eigenvalue weighted by atomic mass is 10.2. The number of halogens is 3. The molecule has 1 amide bonds. The van der Waals surface area contributed by atoms with Crippen LogP contribution in [0, 0.1) is 0 Å². The van der Waals surface area contributed by atoms with Crippen LogP contribution >= 0.6 is 11.3 Å². The number of nitrogens with two attached hydrogens (primary N) is 1. The van der Waals surface area contributed by atoms with E-state index in [0.29, 0.717) is 15.6 Å². The predicted octanol–water partition coefficient (Wildman–Crippen LogP) is 2.47. The number of rotatable bonds is 6. The first kappa shape index (κ1) is 20.0.